The van der Waals surface area contributed by atoms with Crippen molar-refractivity contribution in [2.24, 2.45) is 7.05 Å². The number of amides is 1. The van der Waals surface area contributed by atoms with E-state index in [1.54, 1.807) is 35.0 Å². The van der Waals surface area contributed by atoms with Crippen molar-refractivity contribution in [3.8, 4) is 11.3 Å². The number of ether oxygens (including phenoxy) is 1. The Morgan fingerprint density at radius 2 is 2.08 bits per heavy atom. The van der Waals surface area contributed by atoms with Gasteiger partial charge in [0.05, 0.1) is 23.9 Å². The lowest BCUT2D eigenvalue weighted by Crippen LogP contribution is -2.29. The second kappa shape index (κ2) is 6.72. The number of benzene rings is 1. The Hall–Kier alpha value is -3.00. The molecule has 8 heteroatoms. The summed E-state index contributed by atoms with van der Waals surface area (Å²) in [5.74, 6) is 0.668. The molecule has 0 bridgehead atoms. The third-order valence-corrected chi connectivity index (χ3v) is 4.71. The van der Waals surface area contributed by atoms with Gasteiger partial charge in [-0.3, -0.25) is 9.48 Å². The molecule has 2 atom stereocenters. The van der Waals surface area contributed by atoms with E-state index in [4.69, 9.17) is 9.15 Å². The van der Waals surface area contributed by atoms with E-state index in [2.05, 4.69) is 15.3 Å². The van der Waals surface area contributed by atoms with Gasteiger partial charge in [0.25, 0.3) is 5.91 Å². The van der Waals surface area contributed by atoms with E-state index in [1.807, 2.05) is 25.4 Å². The maximum Gasteiger partial charge on any atom is 0.253 e. The molecule has 8 nitrogen and oxygen atoms in total. The van der Waals surface area contributed by atoms with E-state index in [0.29, 0.717) is 24.4 Å². The van der Waals surface area contributed by atoms with Gasteiger partial charge >= 0.3 is 0 Å². The third kappa shape index (κ3) is 2.99. The Labute approximate surface area is 150 Å². The van der Waals surface area contributed by atoms with Crippen LogP contribution >= 0.6 is 0 Å². The van der Waals surface area contributed by atoms with Crippen LogP contribution in [0, 0.1) is 0 Å². The molecular formula is C18H19N5O3. The number of rotatable bonds is 4. The number of carbonyl (C=O) groups excluding carboxylic acids is 1. The van der Waals surface area contributed by atoms with Gasteiger partial charge in [-0.25, -0.2) is 4.98 Å². The van der Waals surface area contributed by atoms with Crippen LogP contribution in [0.1, 0.15) is 22.0 Å². The first-order valence-electron chi connectivity index (χ1n) is 8.33. The van der Waals surface area contributed by atoms with Crippen LogP contribution in [0.2, 0.25) is 0 Å². The highest BCUT2D eigenvalue weighted by atomic mass is 16.5. The molecule has 0 radical (unpaired) electrons. The minimum atomic E-state index is -0.0934. The van der Waals surface area contributed by atoms with Gasteiger partial charge in [-0.2, -0.15) is 0 Å². The second-order valence-electron chi connectivity index (χ2n) is 6.35. The smallest absolute Gasteiger partial charge is 0.253 e. The molecule has 134 valence electrons. The largest absolute Gasteiger partial charge is 0.444 e. The van der Waals surface area contributed by atoms with E-state index >= 15 is 0 Å². The van der Waals surface area contributed by atoms with Gasteiger partial charge in [-0.1, -0.05) is 17.3 Å². The van der Waals surface area contributed by atoms with E-state index in [-0.39, 0.29) is 17.9 Å². The van der Waals surface area contributed by atoms with Crippen LogP contribution in [0.3, 0.4) is 0 Å². The SMILES string of the molecule is CO[C@@H]1CN(C(=O)c2ccc(-c3cnco3)cc2)C[C@H]1c1cn(C)nn1. The summed E-state index contributed by atoms with van der Waals surface area (Å²) in [4.78, 5) is 18.6. The Morgan fingerprint density at radius 3 is 2.69 bits per heavy atom. The summed E-state index contributed by atoms with van der Waals surface area (Å²) in [6, 6.07) is 7.32. The molecule has 0 spiro atoms. The molecule has 26 heavy (non-hydrogen) atoms. The van der Waals surface area contributed by atoms with E-state index in [1.165, 1.54) is 6.39 Å². The number of aryl methyl sites for hydroxylation is 1. The molecule has 1 amide bonds. The first-order valence-corrected chi connectivity index (χ1v) is 8.33. The molecule has 3 aromatic rings. The Kier molecular flexibility index (Phi) is 4.26. The topological polar surface area (TPSA) is 86.3 Å². The van der Waals surface area contributed by atoms with Gasteiger partial charge in [-0.15, -0.1) is 5.10 Å². The van der Waals surface area contributed by atoms with E-state index in [0.717, 1.165) is 11.3 Å². The minimum Gasteiger partial charge on any atom is -0.444 e. The molecule has 1 fully saturated rings. The number of methoxy groups -OCH3 is 1. The van der Waals surface area contributed by atoms with Gasteiger partial charge in [-0.05, 0) is 12.1 Å². The molecular weight excluding hydrogens is 334 g/mol. The lowest BCUT2D eigenvalue weighted by Gasteiger charge is -2.16. The molecule has 1 aliphatic rings. The monoisotopic (exact) mass is 353 g/mol. The molecule has 0 unspecified atom stereocenters. The zero-order valence-corrected chi connectivity index (χ0v) is 14.6. The Morgan fingerprint density at radius 1 is 1.27 bits per heavy atom. The highest BCUT2D eigenvalue weighted by Gasteiger charge is 2.38. The Bertz CT molecular complexity index is 888. The van der Waals surface area contributed by atoms with Crippen molar-refractivity contribution in [2.45, 2.75) is 12.0 Å². The molecule has 1 aromatic carbocycles. The highest BCUT2D eigenvalue weighted by Crippen LogP contribution is 2.29. The summed E-state index contributed by atoms with van der Waals surface area (Å²) in [5.41, 5.74) is 2.35. The maximum absolute atomic E-state index is 12.9. The lowest BCUT2D eigenvalue weighted by atomic mass is 10.0. The van der Waals surface area contributed by atoms with Crippen molar-refractivity contribution in [3.63, 3.8) is 0 Å². The number of nitrogens with zero attached hydrogens (tertiary/aromatic N) is 5. The maximum atomic E-state index is 12.9. The number of aromatic nitrogens is 4. The average molecular weight is 353 g/mol. The van der Waals surface area contributed by atoms with Crippen LogP contribution < -0.4 is 0 Å². The average Bonchev–Trinajstić information content (AvgIpc) is 3.41. The van der Waals surface area contributed by atoms with E-state index < -0.39 is 0 Å². The summed E-state index contributed by atoms with van der Waals surface area (Å²) in [5, 5.41) is 8.17. The number of hydrogen-bond acceptors (Lipinski definition) is 6. The van der Waals surface area contributed by atoms with Crippen LogP contribution in [-0.2, 0) is 11.8 Å². The number of carbonyl (C=O) groups is 1. The third-order valence-electron chi connectivity index (χ3n) is 4.71. The van der Waals surface area contributed by atoms with Gasteiger partial charge < -0.3 is 14.1 Å². The quantitative estimate of drug-likeness (QED) is 0.710. The summed E-state index contributed by atoms with van der Waals surface area (Å²) in [6.07, 6.45) is 4.81. The number of likely N-dealkylation sites (tertiary alicyclic amines) is 1. The standard InChI is InChI=1S/C18H19N5O3/c1-22-9-15(20-21-22)14-8-23(10-17(14)25-2)18(24)13-5-3-12(4-6-13)16-7-19-11-26-16/h3-7,9,11,14,17H,8,10H2,1-2H3/t14-,17+/m0/s1. The predicted molar refractivity (Wildman–Crippen MR) is 92.4 cm³/mol. The summed E-state index contributed by atoms with van der Waals surface area (Å²) >= 11 is 0. The van der Waals surface area contributed by atoms with Crippen molar-refractivity contribution < 1.29 is 13.9 Å². The number of hydrogen-bond donors (Lipinski definition) is 0. The summed E-state index contributed by atoms with van der Waals surface area (Å²) in [7, 11) is 3.49. The molecule has 0 aliphatic carbocycles. The highest BCUT2D eigenvalue weighted by molar-refractivity contribution is 5.95. The zero-order chi connectivity index (χ0) is 18.1. The van der Waals surface area contributed by atoms with Crippen molar-refractivity contribution in [1.82, 2.24) is 24.9 Å². The summed E-state index contributed by atoms with van der Waals surface area (Å²) < 4.78 is 12.5. The van der Waals surface area contributed by atoms with Gasteiger partial charge in [0.1, 0.15) is 0 Å². The zero-order valence-electron chi connectivity index (χ0n) is 14.6. The molecule has 1 saturated heterocycles. The van der Waals surface area contributed by atoms with E-state index in [9.17, 15) is 4.79 Å². The van der Waals surface area contributed by atoms with Crippen LogP contribution in [0.25, 0.3) is 11.3 Å². The van der Waals surface area contributed by atoms with Crippen LogP contribution in [0.5, 0.6) is 0 Å². The molecule has 3 heterocycles. The van der Waals surface area contributed by atoms with Gasteiger partial charge in [0, 0.05) is 44.6 Å². The van der Waals surface area contributed by atoms with Crippen molar-refractivity contribution in [3.05, 3.63) is 54.3 Å². The fraction of sp³-hybridized carbons (Fsp3) is 0.333. The fourth-order valence-electron chi connectivity index (χ4n) is 3.32. The molecule has 4 rings (SSSR count). The molecule has 2 aromatic heterocycles. The van der Waals surface area contributed by atoms with Crippen molar-refractivity contribution >= 4 is 5.91 Å². The van der Waals surface area contributed by atoms with Gasteiger partial charge in [0.2, 0.25) is 0 Å². The predicted octanol–water partition coefficient (Wildman–Crippen LogP) is 1.72. The summed E-state index contributed by atoms with van der Waals surface area (Å²) in [6.45, 7) is 1.08. The molecule has 0 saturated carbocycles. The first-order chi connectivity index (χ1) is 12.7. The number of oxazole rings is 1. The second-order valence-corrected chi connectivity index (χ2v) is 6.35. The first kappa shape index (κ1) is 16.5. The normalized spacial score (nSPS) is 19.8. The van der Waals surface area contributed by atoms with Gasteiger partial charge in [0.15, 0.2) is 12.2 Å². The van der Waals surface area contributed by atoms with Crippen LogP contribution in [0.15, 0.2) is 47.5 Å². The Balaban J connectivity index is 1.51. The lowest BCUT2D eigenvalue weighted by molar-refractivity contribution is 0.0714. The fourth-order valence-corrected chi connectivity index (χ4v) is 3.32. The molecule has 1 aliphatic heterocycles. The minimum absolute atomic E-state index is 0.0196. The van der Waals surface area contributed by atoms with Crippen molar-refractivity contribution in [2.75, 3.05) is 20.2 Å². The van der Waals surface area contributed by atoms with Crippen LogP contribution in [-0.4, -0.2) is 57.1 Å². The van der Waals surface area contributed by atoms with Crippen LogP contribution in [0.4, 0.5) is 0 Å². The molecule has 0 N–H and O–H groups in total. The van der Waals surface area contributed by atoms with Crippen molar-refractivity contribution in [1.29, 1.82) is 0 Å².